The Balaban J connectivity index is 0.000000188. The molecule has 2 atom stereocenters. The molecule has 0 aliphatic heterocycles. The van der Waals surface area contributed by atoms with Crippen LogP contribution in [0.4, 0.5) is 0 Å². The van der Waals surface area contributed by atoms with Gasteiger partial charge in [-0.1, -0.05) is 100 Å². The number of halogens is 5. The molecule has 6 rings (SSSR count). The molecule has 11 heteroatoms. The highest BCUT2D eigenvalue weighted by Crippen LogP contribution is 2.31. The normalized spacial score (nSPS) is 12.3. The van der Waals surface area contributed by atoms with Crippen molar-refractivity contribution >= 4 is 58.0 Å². The Labute approximate surface area is 305 Å². The highest BCUT2D eigenvalue weighted by Gasteiger charge is 2.18. The number of hydrogen-bond donors (Lipinski definition) is 0. The number of hydrogen-bond acceptors (Lipinski definition) is 4. The number of rotatable bonds is 12. The Kier molecular flexibility index (Phi) is 13.4. The molecule has 4 aromatic carbocycles. The summed E-state index contributed by atoms with van der Waals surface area (Å²) in [7, 11) is 0. The summed E-state index contributed by atoms with van der Waals surface area (Å²) in [5.74, 6) is 0. The van der Waals surface area contributed by atoms with E-state index in [0.717, 1.165) is 37.9 Å². The molecule has 0 fully saturated rings. The van der Waals surface area contributed by atoms with Gasteiger partial charge in [-0.25, -0.2) is 9.97 Å². The van der Waals surface area contributed by atoms with Crippen LogP contribution in [-0.2, 0) is 35.8 Å². The van der Waals surface area contributed by atoms with Gasteiger partial charge in [0.2, 0.25) is 0 Å². The van der Waals surface area contributed by atoms with Gasteiger partial charge < -0.3 is 18.6 Å². The van der Waals surface area contributed by atoms with Crippen LogP contribution in [0.25, 0.3) is 0 Å². The van der Waals surface area contributed by atoms with E-state index in [0.29, 0.717) is 41.4 Å². The predicted molar refractivity (Wildman–Crippen MR) is 195 cm³/mol. The first-order chi connectivity index (χ1) is 23.2. The van der Waals surface area contributed by atoms with Crippen LogP contribution in [0.5, 0.6) is 0 Å². The van der Waals surface area contributed by atoms with E-state index < -0.39 is 0 Å². The summed E-state index contributed by atoms with van der Waals surface area (Å²) in [6, 6.07) is 26.7. The molecule has 248 valence electrons. The van der Waals surface area contributed by atoms with Crippen LogP contribution in [0.1, 0.15) is 40.0 Å². The first-order valence-corrected chi connectivity index (χ1v) is 17.0. The molecule has 0 bridgehead atoms. The van der Waals surface area contributed by atoms with Crippen molar-refractivity contribution in [2.75, 3.05) is 0 Å². The van der Waals surface area contributed by atoms with Crippen LogP contribution in [0.3, 0.4) is 0 Å². The maximum Gasteiger partial charge on any atom is 0.102 e. The summed E-state index contributed by atoms with van der Waals surface area (Å²) in [5.41, 5.74) is 5.11. The third-order valence-corrected chi connectivity index (χ3v) is 8.81. The molecule has 0 N–H and O–H groups in total. The van der Waals surface area contributed by atoms with Crippen LogP contribution in [0.15, 0.2) is 122 Å². The number of aryl methyl sites for hydroxylation is 1. The fourth-order valence-electron chi connectivity index (χ4n) is 4.86. The summed E-state index contributed by atoms with van der Waals surface area (Å²) in [6.45, 7) is 4.22. The molecule has 0 amide bonds. The first kappa shape index (κ1) is 36.0. The topological polar surface area (TPSA) is 54.1 Å². The minimum absolute atomic E-state index is 0.164. The Morgan fingerprint density at radius 2 is 1.00 bits per heavy atom. The summed E-state index contributed by atoms with van der Waals surface area (Å²) in [6.07, 6.45) is 10.4. The molecule has 0 aliphatic rings. The molecule has 0 saturated carbocycles. The molecule has 48 heavy (non-hydrogen) atoms. The lowest BCUT2D eigenvalue weighted by atomic mass is 10.1. The molecule has 2 heterocycles. The fraction of sp³-hybridized carbons (Fsp3) is 0.189. The molecule has 2 aromatic heterocycles. The third-order valence-electron chi connectivity index (χ3n) is 7.41. The van der Waals surface area contributed by atoms with Crippen molar-refractivity contribution in [2.24, 2.45) is 0 Å². The zero-order valence-corrected chi connectivity index (χ0v) is 29.8. The van der Waals surface area contributed by atoms with E-state index in [9.17, 15) is 0 Å². The monoisotopic (exact) mass is 740 g/mol. The maximum atomic E-state index is 6.44. The van der Waals surface area contributed by atoms with Gasteiger partial charge in [0.1, 0.15) is 12.2 Å². The van der Waals surface area contributed by atoms with E-state index in [1.54, 1.807) is 31.1 Å². The Morgan fingerprint density at radius 1 is 0.562 bits per heavy atom. The van der Waals surface area contributed by atoms with Gasteiger partial charge in [-0.3, -0.25) is 0 Å². The molecular weight excluding hydrogens is 710 g/mol. The van der Waals surface area contributed by atoms with E-state index >= 15 is 0 Å². The van der Waals surface area contributed by atoms with Crippen LogP contribution in [0.2, 0.25) is 25.1 Å². The molecular formula is C37H33Cl5N4O2. The van der Waals surface area contributed by atoms with Crippen LogP contribution in [0, 0.1) is 6.92 Å². The van der Waals surface area contributed by atoms with Gasteiger partial charge in [-0.05, 0) is 66.1 Å². The number of aromatic nitrogens is 4. The van der Waals surface area contributed by atoms with Gasteiger partial charge in [0.25, 0.3) is 0 Å². The van der Waals surface area contributed by atoms with Crippen molar-refractivity contribution in [3.63, 3.8) is 0 Å². The van der Waals surface area contributed by atoms with Crippen molar-refractivity contribution in [3.05, 3.63) is 175 Å². The second kappa shape index (κ2) is 17.9. The van der Waals surface area contributed by atoms with E-state index in [1.807, 2.05) is 107 Å². The average Bonchev–Trinajstić information content (AvgIpc) is 3.78. The van der Waals surface area contributed by atoms with Crippen molar-refractivity contribution in [1.82, 2.24) is 19.1 Å². The van der Waals surface area contributed by atoms with Crippen LogP contribution < -0.4 is 0 Å². The van der Waals surface area contributed by atoms with Crippen molar-refractivity contribution in [1.29, 1.82) is 0 Å². The molecule has 0 saturated heterocycles. The minimum Gasteiger partial charge on any atom is -0.367 e. The van der Waals surface area contributed by atoms with E-state index in [2.05, 4.69) is 9.97 Å². The number of imidazole rings is 2. The second-order valence-electron chi connectivity index (χ2n) is 11.1. The van der Waals surface area contributed by atoms with Crippen molar-refractivity contribution in [3.8, 4) is 0 Å². The zero-order chi connectivity index (χ0) is 33.9. The lowest BCUT2D eigenvalue weighted by Gasteiger charge is -2.20. The summed E-state index contributed by atoms with van der Waals surface area (Å²) >= 11 is 30.7. The number of ether oxygens (including phenoxy) is 2. The highest BCUT2D eigenvalue weighted by atomic mass is 35.5. The molecule has 0 aliphatic carbocycles. The van der Waals surface area contributed by atoms with Gasteiger partial charge in [0.05, 0.1) is 39.0 Å². The Hall–Kier alpha value is -3.33. The second-order valence-corrected chi connectivity index (χ2v) is 13.2. The Morgan fingerprint density at radius 3 is 1.42 bits per heavy atom. The molecule has 6 nitrogen and oxygen atoms in total. The first-order valence-electron chi connectivity index (χ1n) is 15.1. The zero-order valence-electron chi connectivity index (χ0n) is 26.0. The maximum absolute atomic E-state index is 6.44. The summed E-state index contributed by atoms with van der Waals surface area (Å²) < 4.78 is 16.2. The van der Waals surface area contributed by atoms with Crippen LogP contribution in [-0.4, -0.2) is 19.1 Å². The van der Waals surface area contributed by atoms with Crippen molar-refractivity contribution < 1.29 is 9.47 Å². The quantitative estimate of drug-likeness (QED) is 0.125. The van der Waals surface area contributed by atoms with E-state index in [4.69, 9.17) is 67.5 Å². The summed E-state index contributed by atoms with van der Waals surface area (Å²) in [5, 5.41) is 3.33. The smallest absolute Gasteiger partial charge is 0.102 e. The predicted octanol–water partition coefficient (Wildman–Crippen LogP) is 11.3. The molecule has 0 unspecified atom stereocenters. The number of nitrogens with zero attached hydrogens (tertiary/aromatic N) is 4. The highest BCUT2D eigenvalue weighted by molar-refractivity contribution is 6.35. The minimum atomic E-state index is -0.223. The van der Waals surface area contributed by atoms with Gasteiger partial charge in [0, 0.05) is 61.0 Å². The largest absolute Gasteiger partial charge is 0.367 e. The summed E-state index contributed by atoms with van der Waals surface area (Å²) in [4.78, 5) is 8.17. The Bertz CT molecular complexity index is 1710. The molecule has 0 spiro atoms. The van der Waals surface area contributed by atoms with Gasteiger partial charge >= 0.3 is 0 Å². The molecule has 6 aromatic rings. The van der Waals surface area contributed by atoms with Gasteiger partial charge in [-0.2, -0.15) is 0 Å². The molecule has 0 radical (unpaired) electrons. The van der Waals surface area contributed by atoms with Gasteiger partial charge in [0.15, 0.2) is 0 Å². The van der Waals surface area contributed by atoms with Gasteiger partial charge in [-0.15, -0.1) is 0 Å². The third kappa shape index (κ3) is 10.8. The lowest BCUT2D eigenvalue weighted by Crippen LogP contribution is -2.12. The van der Waals surface area contributed by atoms with Crippen molar-refractivity contribution in [2.45, 2.75) is 45.4 Å². The fourth-order valence-corrected chi connectivity index (χ4v) is 6.00. The van der Waals surface area contributed by atoms with E-state index in [1.165, 1.54) is 0 Å². The average molecular weight is 743 g/mol. The van der Waals surface area contributed by atoms with Crippen LogP contribution >= 0.6 is 58.0 Å². The lowest BCUT2D eigenvalue weighted by molar-refractivity contribution is 0.0279. The number of benzene rings is 4. The standard InChI is InChI=1S/C19H18Cl2N2O.C18H15Cl3N2O/c1-14-2-7-17(18(21)10-14)19(11-23-9-8-22-13-23)24-12-15-3-5-16(20)6-4-15;19-14-3-1-13(2-4-14)11-24-18(10-23-8-7-22-12-23)16-6-5-15(20)9-17(16)21/h2-10,13,19H,11-12H2,1H3;1-9,12,18H,10-11H2/t19-;18-/m10/s1. The van der Waals surface area contributed by atoms with E-state index in [-0.39, 0.29) is 12.2 Å². The SMILES string of the molecule is Cc1ccc([C@@H](Cn2ccnc2)OCc2ccc(Cl)cc2)c(Cl)c1.Clc1ccc(CO[C@@H](Cn2ccnc2)c2ccc(Cl)cc2Cl)cc1.